The van der Waals surface area contributed by atoms with Crippen LogP contribution in [0.4, 0.5) is 11.4 Å². The monoisotopic (exact) mass is 676 g/mol. The zero-order valence-electron chi connectivity index (χ0n) is 29.0. The number of allylic oxidation sites excluding steroid dienone is 5. The third-order valence-corrected chi connectivity index (χ3v) is 11.1. The van der Waals surface area contributed by atoms with E-state index in [1.54, 1.807) is 0 Å². The van der Waals surface area contributed by atoms with Crippen molar-refractivity contribution in [3.8, 4) is 5.69 Å². The van der Waals surface area contributed by atoms with Crippen molar-refractivity contribution in [2.45, 2.75) is 19.9 Å². The van der Waals surface area contributed by atoms with Crippen LogP contribution in [0.3, 0.4) is 0 Å². The highest BCUT2D eigenvalue weighted by molar-refractivity contribution is 7.25. The molecule has 0 fully saturated rings. The van der Waals surface area contributed by atoms with Crippen LogP contribution in [-0.2, 0) is 0 Å². The molecule has 8 rings (SSSR count). The van der Waals surface area contributed by atoms with Crippen LogP contribution in [0.25, 0.3) is 58.4 Å². The van der Waals surface area contributed by atoms with Crippen LogP contribution in [0.15, 0.2) is 189 Å². The zero-order chi connectivity index (χ0) is 34.9. The molecule has 0 N–H and O–H groups in total. The van der Waals surface area contributed by atoms with Gasteiger partial charge >= 0.3 is 0 Å². The molecule has 2 nitrogen and oxygen atoms in total. The Balaban J connectivity index is 1.40. The number of fused-ring (bicyclic) bond motifs is 8. The van der Waals surface area contributed by atoms with Gasteiger partial charge in [-0.25, -0.2) is 0 Å². The Morgan fingerprint density at radius 2 is 1.39 bits per heavy atom. The fourth-order valence-electron chi connectivity index (χ4n) is 7.68. The maximum Gasteiger partial charge on any atom is 0.0622 e. The Labute approximate surface area is 303 Å². The van der Waals surface area contributed by atoms with Crippen LogP contribution in [0.2, 0.25) is 0 Å². The first kappa shape index (κ1) is 32.3. The van der Waals surface area contributed by atoms with Crippen molar-refractivity contribution in [1.29, 1.82) is 0 Å². The first-order chi connectivity index (χ1) is 25.1. The van der Waals surface area contributed by atoms with Gasteiger partial charge in [0.25, 0.3) is 0 Å². The number of aromatic nitrogens is 1. The molecule has 0 bridgehead atoms. The van der Waals surface area contributed by atoms with E-state index in [0.717, 1.165) is 17.1 Å². The third-order valence-electron chi connectivity index (χ3n) is 10.0. The standard InChI is InChI=1S/C48H40N2S/c1-5-8-10-18-33(4)38(7-3)44(17-6-2)49(37-26-29-41-40-23-15-16-24-46(40)51-47(41)32-37)36-27-30-45-43(31-36)42-28-25-34-19-13-14-22-39(34)48(42)50(45)35-20-11-9-12-21-35/h5-32,38,44H,1,3H2,2,4H3/b10-8-,17-6-,33-18+. The van der Waals surface area contributed by atoms with Gasteiger partial charge < -0.3 is 9.47 Å². The molecule has 2 heterocycles. The van der Waals surface area contributed by atoms with Crippen molar-refractivity contribution in [3.05, 3.63) is 189 Å². The van der Waals surface area contributed by atoms with Crippen molar-refractivity contribution in [2.24, 2.45) is 5.92 Å². The zero-order valence-corrected chi connectivity index (χ0v) is 29.9. The summed E-state index contributed by atoms with van der Waals surface area (Å²) in [5.74, 6) is 0.0408. The maximum atomic E-state index is 4.37. The second kappa shape index (κ2) is 13.8. The van der Waals surface area contributed by atoms with E-state index in [4.69, 9.17) is 0 Å². The summed E-state index contributed by atoms with van der Waals surface area (Å²) in [5.41, 5.74) is 7.08. The van der Waals surface area contributed by atoms with Crippen LogP contribution < -0.4 is 4.90 Å². The number of nitrogens with zero attached hydrogens (tertiary/aromatic N) is 2. The molecule has 0 aliphatic heterocycles. The number of thiophene rings is 1. The molecule has 0 spiro atoms. The summed E-state index contributed by atoms with van der Waals surface area (Å²) < 4.78 is 5.02. The molecule has 3 heteroatoms. The van der Waals surface area contributed by atoms with E-state index in [1.165, 1.54) is 58.3 Å². The normalized spacial score (nSPS) is 13.6. The van der Waals surface area contributed by atoms with Crippen LogP contribution in [0.5, 0.6) is 0 Å². The molecule has 0 aliphatic rings. The van der Waals surface area contributed by atoms with E-state index in [9.17, 15) is 0 Å². The molecule has 8 aromatic rings. The molecule has 0 saturated carbocycles. The second-order valence-electron chi connectivity index (χ2n) is 13.0. The quantitative estimate of drug-likeness (QED) is 0.103. The molecule has 0 radical (unpaired) electrons. The van der Waals surface area contributed by atoms with Gasteiger partial charge in [-0.05, 0) is 67.8 Å². The van der Waals surface area contributed by atoms with Crippen molar-refractivity contribution < 1.29 is 0 Å². The predicted molar refractivity (Wildman–Crippen MR) is 225 cm³/mol. The van der Waals surface area contributed by atoms with Gasteiger partial charge in [0.15, 0.2) is 0 Å². The summed E-state index contributed by atoms with van der Waals surface area (Å²) in [5, 5.41) is 7.54. The molecule has 2 unspecified atom stereocenters. The average Bonchev–Trinajstić information content (AvgIpc) is 3.71. The third kappa shape index (κ3) is 5.70. The van der Waals surface area contributed by atoms with Gasteiger partial charge in [0, 0.05) is 59.3 Å². The lowest BCUT2D eigenvalue weighted by Gasteiger charge is -2.37. The first-order valence-corrected chi connectivity index (χ1v) is 18.4. The summed E-state index contributed by atoms with van der Waals surface area (Å²) in [6.45, 7) is 12.5. The minimum absolute atomic E-state index is 0.0338. The Bertz CT molecular complexity index is 2670. The first-order valence-electron chi connectivity index (χ1n) is 17.5. The van der Waals surface area contributed by atoms with Crippen molar-refractivity contribution >= 4 is 75.5 Å². The number of rotatable bonds is 10. The molecular weight excluding hydrogens is 637 g/mol. The van der Waals surface area contributed by atoms with Crippen molar-refractivity contribution in [2.75, 3.05) is 4.90 Å². The van der Waals surface area contributed by atoms with Crippen LogP contribution >= 0.6 is 11.3 Å². The van der Waals surface area contributed by atoms with Gasteiger partial charge in [-0.1, -0.05) is 134 Å². The highest BCUT2D eigenvalue weighted by atomic mass is 32.1. The number of hydrogen-bond donors (Lipinski definition) is 0. The average molecular weight is 677 g/mol. The van der Waals surface area contributed by atoms with Gasteiger partial charge in [-0.15, -0.1) is 17.9 Å². The van der Waals surface area contributed by atoms with Crippen LogP contribution in [0, 0.1) is 5.92 Å². The Morgan fingerprint density at radius 3 is 2.20 bits per heavy atom. The van der Waals surface area contributed by atoms with Gasteiger partial charge in [-0.2, -0.15) is 0 Å². The molecule has 0 saturated heterocycles. The molecule has 248 valence electrons. The molecule has 51 heavy (non-hydrogen) atoms. The fourth-order valence-corrected chi connectivity index (χ4v) is 8.82. The molecule has 2 atom stereocenters. The molecule has 0 aliphatic carbocycles. The van der Waals surface area contributed by atoms with E-state index < -0.39 is 0 Å². The van der Waals surface area contributed by atoms with Gasteiger partial charge in [0.2, 0.25) is 0 Å². The fraction of sp³-hybridized carbons (Fsp3) is 0.0833. The van der Waals surface area contributed by atoms with Gasteiger partial charge in [0.1, 0.15) is 0 Å². The minimum atomic E-state index is -0.0338. The summed E-state index contributed by atoms with van der Waals surface area (Å²) in [4.78, 5) is 2.51. The van der Waals surface area contributed by atoms with E-state index in [1.807, 2.05) is 23.5 Å². The number of anilines is 2. The molecular formula is C48H40N2S. The molecule has 2 aromatic heterocycles. The second-order valence-corrected chi connectivity index (χ2v) is 14.1. The highest BCUT2D eigenvalue weighted by Crippen LogP contribution is 2.43. The summed E-state index contributed by atoms with van der Waals surface area (Å²) >= 11 is 1.86. The predicted octanol–water partition coefficient (Wildman–Crippen LogP) is 13.9. The Hall–Kier alpha value is -5.90. The van der Waals surface area contributed by atoms with Crippen molar-refractivity contribution in [3.63, 3.8) is 0 Å². The van der Waals surface area contributed by atoms with Gasteiger partial charge in [-0.3, -0.25) is 0 Å². The summed E-state index contributed by atoms with van der Waals surface area (Å²) in [6, 6.07) is 46.6. The number of para-hydroxylation sites is 1. The lowest BCUT2D eigenvalue weighted by atomic mass is 9.89. The number of hydrogen-bond acceptors (Lipinski definition) is 2. The topological polar surface area (TPSA) is 8.17 Å². The van der Waals surface area contributed by atoms with E-state index in [-0.39, 0.29) is 12.0 Å². The Kier molecular flexibility index (Phi) is 8.73. The highest BCUT2D eigenvalue weighted by Gasteiger charge is 2.28. The van der Waals surface area contributed by atoms with Crippen molar-refractivity contribution in [1.82, 2.24) is 4.57 Å². The largest absolute Gasteiger partial charge is 0.334 e. The van der Waals surface area contributed by atoms with E-state index in [0.29, 0.717) is 0 Å². The minimum Gasteiger partial charge on any atom is -0.334 e. The molecule has 6 aromatic carbocycles. The lowest BCUT2D eigenvalue weighted by Crippen LogP contribution is -2.36. The summed E-state index contributed by atoms with van der Waals surface area (Å²) in [7, 11) is 0. The maximum absolute atomic E-state index is 4.37. The van der Waals surface area contributed by atoms with Crippen LogP contribution in [0.1, 0.15) is 13.8 Å². The number of benzene rings is 6. The summed E-state index contributed by atoms with van der Waals surface area (Å²) in [6.07, 6.45) is 14.6. The van der Waals surface area contributed by atoms with E-state index >= 15 is 0 Å². The smallest absolute Gasteiger partial charge is 0.0622 e. The van der Waals surface area contributed by atoms with Crippen LogP contribution in [-0.4, -0.2) is 10.6 Å². The van der Waals surface area contributed by atoms with Gasteiger partial charge in [0.05, 0.1) is 17.1 Å². The molecule has 0 amide bonds. The Morgan fingerprint density at radius 1 is 0.686 bits per heavy atom. The van der Waals surface area contributed by atoms with E-state index in [2.05, 4.69) is 194 Å². The SMILES string of the molecule is C=C/C=C\C=C(/C)C(C=C)C(/C=C\C)N(c1ccc2c(c1)sc1ccccc12)c1ccc2c(c1)c1ccc3ccccc3c1n2-c1ccccc1. The lowest BCUT2D eigenvalue weighted by molar-refractivity contribution is 0.639.